The second-order valence-corrected chi connectivity index (χ2v) is 11.1. The summed E-state index contributed by atoms with van der Waals surface area (Å²) in [5, 5.41) is 0. The number of halogens is 12. The normalized spacial score (nSPS) is 36.4. The highest BCUT2D eigenvalue weighted by Gasteiger charge is 2.69. The number of carbonyl (C=O) groups excluding carboxylic acids is 2. The number of fused-ring (bicyclic) bond motifs is 3. The minimum atomic E-state index is -5.87. The second kappa shape index (κ2) is 10.8. The first-order chi connectivity index (χ1) is 19.4. The van der Waals surface area contributed by atoms with E-state index in [0.29, 0.717) is 0 Å². The van der Waals surface area contributed by atoms with Gasteiger partial charge < -0.3 is 28.4 Å². The second-order valence-electron chi connectivity index (χ2n) is 11.1. The van der Waals surface area contributed by atoms with E-state index in [-0.39, 0.29) is 0 Å². The molecule has 4 aliphatic rings. The first-order valence-corrected chi connectivity index (χ1v) is 12.7. The van der Waals surface area contributed by atoms with Crippen LogP contribution in [0.15, 0.2) is 0 Å². The summed E-state index contributed by atoms with van der Waals surface area (Å²) in [6.07, 6.45) is -38.1. The molecule has 0 aromatic rings. The molecule has 4 rings (SSSR count). The number of hydrogen-bond acceptors (Lipinski definition) is 8. The standard InChI is InChI=1S/C23H24F12O8/c1-3-18(2,7-38-16(22(30,31)32)23(33,34)35)17(37)41-12-10-11(39-14(12)36)13-15(40-10)43-19(42-13)5-8(20(24,25)26)4-9(6-19)21(27,28)29/h8-13,15-16H,3-7H2,1-2H3. The Morgan fingerprint density at radius 1 is 0.884 bits per heavy atom. The summed E-state index contributed by atoms with van der Waals surface area (Å²) < 4.78 is 188. The van der Waals surface area contributed by atoms with Crippen molar-refractivity contribution in [3.8, 4) is 0 Å². The van der Waals surface area contributed by atoms with Gasteiger partial charge in [0.25, 0.3) is 0 Å². The van der Waals surface area contributed by atoms with Crippen molar-refractivity contribution in [1.82, 2.24) is 0 Å². The van der Waals surface area contributed by atoms with E-state index in [1.165, 1.54) is 6.92 Å². The number of hydrogen-bond donors (Lipinski definition) is 0. The third kappa shape index (κ3) is 6.66. The Balaban J connectivity index is 1.45. The summed E-state index contributed by atoms with van der Waals surface area (Å²) >= 11 is 0. The van der Waals surface area contributed by atoms with Crippen LogP contribution in [0.2, 0.25) is 0 Å². The Morgan fingerprint density at radius 2 is 1.42 bits per heavy atom. The van der Waals surface area contributed by atoms with Crippen LogP contribution in [0.1, 0.15) is 39.5 Å². The predicted octanol–water partition coefficient (Wildman–Crippen LogP) is 5.13. The fourth-order valence-corrected chi connectivity index (χ4v) is 5.42. The minimum absolute atomic E-state index is 0.425. The van der Waals surface area contributed by atoms with E-state index in [0.717, 1.165) is 6.92 Å². The van der Waals surface area contributed by atoms with Gasteiger partial charge in [0.1, 0.15) is 6.10 Å². The topological polar surface area (TPSA) is 89.5 Å². The molecule has 0 aromatic heterocycles. The van der Waals surface area contributed by atoms with E-state index in [1.807, 2.05) is 0 Å². The molecule has 8 nitrogen and oxygen atoms in total. The van der Waals surface area contributed by atoms with Crippen molar-refractivity contribution in [2.24, 2.45) is 17.3 Å². The highest BCUT2D eigenvalue weighted by molar-refractivity contribution is 5.84. The third-order valence-electron chi connectivity index (χ3n) is 7.95. The first-order valence-electron chi connectivity index (χ1n) is 12.7. The van der Waals surface area contributed by atoms with Gasteiger partial charge in [-0.15, -0.1) is 0 Å². The third-order valence-corrected chi connectivity index (χ3v) is 7.95. The van der Waals surface area contributed by atoms with Gasteiger partial charge in [0.2, 0.25) is 12.2 Å². The summed E-state index contributed by atoms with van der Waals surface area (Å²) in [5.74, 6) is -10.1. The maximum absolute atomic E-state index is 13.5. The van der Waals surface area contributed by atoms with Gasteiger partial charge in [0.15, 0.2) is 24.3 Å². The molecule has 0 N–H and O–H groups in total. The van der Waals surface area contributed by atoms with Gasteiger partial charge >= 0.3 is 36.6 Å². The molecular weight excluding hydrogens is 632 g/mol. The monoisotopic (exact) mass is 656 g/mol. The van der Waals surface area contributed by atoms with Crippen LogP contribution in [-0.2, 0) is 38.0 Å². The van der Waals surface area contributed by atoms with Crippen LogP contribution in [0.3, 0.4) is 0 Å². The SMILES string of the molecule is CCC(C)(COC(C(F)(F)F)C(F)(F)F)C(=O)OC1C(=O)OC2C3OC4(CC(C(F)(F)F)CC(C(F)(F)F)C4)OC3OC12. The Morgan fingerprint density at radius 3 is 1.88 bits per heavy atom. The number of ether oxygens (including phenoxy) is 6. The molecule has 43 heavy (non-hydrogen) atoms. The van der Waals surface area contributed by atoms with Crippen molar-refractivity contribution in [2.75, 3.05) is 6.61 Å². The van der Waals surface area contributed by atoms with Crippen molar-refractivity contribution in [3.05, 3.63) is 0 Å². The molecule has 1 saturated carbocycles. The zero-order chi connectivity index (χ0) is 32.6. The lowest BCUT2D eigenvalue weighted by atomic mass is 9.77. The minimum Gasteiger partial charge on any atom is -0.454 e. The summed E-state index contributed by atoms with van der Waals surface area (Å²) in [5.41, 5.74) is -2.15. The van der Waals surface area contributed by atoms with E-state index in [9.17, 15) is 62.3 Å². The smallest absolute Gasteiger partial charge is 0.423 e. The zero-order valence-corrected chi connectivity index (χ0v) is 22.0. The Hall–Kier alpha value is -2.06. The number of alkyl halides is 12. The van der Waals surface area contributed by atoms with E-state index >= 15 is 0 Å². The van der Waals surface area contributed by atoms with Gasteiger partial charge in [-0.3, -0.25) is 4.79 Å². The molecule has 1 spiro atoms. The van der Waals surface area contributed by atoms with Crippen LogP contribution in [0, 0.1) is 17.3 Å². The molecule has 3 heterocycles. The van der Waals surface area contributed by atoms with E-state index in [1.54, 1.807) is 0 Å². The van der Waals surface area contributed by atoms with E-state index in [2.05, 4.69) is 4.74 Å². The quantitative estimate of drug-likeness (QED) is 0.288. The molecular formula is C23H24F12O8. The maximum atomic E-state index is 13.5. The maximum Gasteiger partial charge on any atom is 0.423 e. The average Bonchev–Trinajstić information content (AvgIpc) is 3.43. The lowest BCUT2D eigenvalue weighted by molar-refractivity contribution is -0.325. The molecule has 8 atom stereocenters. The number of carbonyl (C=O) groups is 2. The lowest BCUT2D eigenvalue weighted by Crippen LogP contribution is -2.50. The van der Waals surface area contributed by atoms with Gasteiger partial charge in [0, 0.05) is 12.8 Å². The van der Waals surface area contributed by atoms with Crippen molar-refractivity contribution in [3.63, 3.8) is 0 Å². The molecule has 1 aliphatic carbocycles. The van der Waals surface area contributed by atoms with Gasteiger partial charge in [-0.05, 0) is 19.8 Å². The summed E-state index contributed by atoms with van der Waals surface area (Å²) in [4.78, 5) is 25.3. The van der Waals surface area contributed by atoms with Crippen LogP contribution in [0.5, 0.6) is 0 Å². The van der Waals surface area contributed by atoms with Crippen LogP contribution in [0.25, 0.3) is 0 Å². The van der Waals surface area contributed by atoms with Crippen LogP contribution < -0.4 is 0 Å². The number of esters is 2. The van der Waals surface area contributed by atoms with Gasteiger partial charge in [-0.25, -0.2) is 4.79 Å². The lowest BCUT2D eigenvalue weighted by Gasteiger charge is -2.42. The molecule has 3 aliphatic heterocycles. The van der Waals surface area contributed by atoms with Crippen LogP contribution in [-0.4, -0.2) is 85.8 Å². The Kier molecular flexibility index (Phi) is 8.48. The van der Waals surface area contributed by atoms with Gasteiger partial charge in [-0.1, -0.05) is 6.92 Å². The summed E-state index contributed by atoms with van der Waals surface area (Å²) in [6, 6.07) is 0. The predicted molar refractivity (Wildman–Crippen MR) is 110 cm³/mol. The zero-order valence-electron chi connectivity index (χ0n) is 22.0. The highest BCUT2D eigenvalue weighted by Crippen LogP contribution is 2.55. The Labute approximate surface area is 234 Å². The first kappa shape index (κ1) is 33.8. The molecule has 4 fully saturated rings. The molecule has 248 valence electrons. The van der Waals surface area contributed by atoms with Crippen molar-refractivity contribution in [1.29, 1.82) is 0 Å². The van der Waals surface area contributed by atoms with E-state index < -0.39 is 129 Å². The van der Waals surface area contributed by atoms with Crippen molar-refractivity contribution in [2.45, 2.75) is 107 Å². The molecule has 0 aromatic carbocycles. The highest BCUT2D eigenvalue weighted by atomic mass is 19.4. The fraction of sp³-hybridized carbons (Fsp3) is 0.913. The summed E-state index contributed by atoms with van der Waals surface area (Å²) in [7, 11) is 0. The molecule has 0 amide bonds. The molecule has 0 radical (unpaired) electrons. The molecule has 20 heteroatoms. The van der Waals surface area contributed by atoms with Crippen LogP contribution >= 0.6 is 0 Å². The van der Waals surface area contributed by atoms with Crippen molar-refractivity contribution < 1.29 is 90.7 Å². The summed E-state index contributed by atoms with van der Waals surface area (Å²) in [6.45, 7) is 0.679. The van der Waals surface area contributed by atoms with Crippen molar-refractivity contribution >= 4 is 11.9 Å². The van der Waals surface area contributed by atoms with Gasteiger partial charge in [-0.2, -0.15) is 52.7 Å². The Bertz CT molecular complexity index is 1040. The number of rotatable bonds is 6. The molecule has 3 saturated heterocycles. The molecule has 8 unspecified atom stereocenters. The van der Waals surface area contributed by atoms with E-state index in [4.69, 9.17) is 23.7 Å². The largest absolute Gasteiger partial charge is 0.454 e. The molecule has 0 bridgehead atoms. The fourth-order valence-electron chi connectivity index (χ4n) is 5.42. The van der Waals surface area contributed by atoms with Gasteiger partial charge in [0.05, 0.1) is 23.9 Å². The average molecular weight is 656 g/mol. The van der Waals surface area contributed by atoms with Crippen LogP contribution in [0.4, 0.5) is 52.7 Å².